The molecule has 6 rings (SSSR count). The number of carbonyl (C=O) groups is 2. The molecular formula is C42H49N3O7. The van der Waals surface area contributed by atoms with Gasteiger partial charge in [-0.1, -0.05) is 56.7 Å². The Kier molecular flexibility index (Phi) is 10.9. The van der Waals surface area contributed by atoms with Gasteiger partial charge in [0.1, 0.15) is 11.8 Å². The number of nitrogens with one attached hydrogen (secondary N) is 2. The van der Waals surface area contributed by atoms with E-state index in [4.69, 9.17) is 18.9 Å². The van der Waals surface area contributed by atoms with Crippen LogP contribution in [0.15, 0.2) is 65.5 Å². The van der Waals surface area contributed by atoms with Gasteiger partial charge in [0, 0.05) is 24.4 Å². The number of carbonyl (C=O) groups excluding carboxylic acids is 2. The summed E-state index contributed by atoms with van der Waals surface area (Å²) in [6.45, 7) is 6.19. The monoisotopic (exact) mass is 707 g/mol. The van der Waals surface area contributed by atoms with Crippen molar-refractivity contribution in [3.05, 3.63) is 87.6 Å². The molecule has 4 aromatic rings. The Balaban J connectivity index is 1.43. The quantitative estimate of drug-likeness (QED) is 0.168. The maximum absolute atomic E-state index is 14.7. The van der Waals surface area contributed by atoms with Crippen LogP contribution in [-0.2, 0) is 16.0 Å². The largest absolute Gasteiger partial charge is 0.496 e. The zero-order valence-electron chi connectivity index (χ0n) is 31.1. The predicted octanol–water partition coefficient (Wildman–Crippen LogP) is 7.22. The summed E-state index contributed by atoms with van der Waals surface area (Å²) in [6.07, 6.45) is 3.60. The molecule has 1 fully saturated rings. The Bertz CT molecular complexity index is 2050. The number of fused-ring (bicyclic) bond motifs is 4. The molecule has 0 radical (unpaired) electrons. The Morgan fingerprint density at radius 2 is 1.60 bits per heavy atom. The molecule has 0 saturated carbocycles. The molecule has 4 aromatic carbocycles. The van der Waals surface area contributed by atoms with Gasteiger partial charge < -0.3 is 34.5 Å². The first kappa shape index (κ1) is 36.5. The van der Waals surface area contributed by atoms with Gasteiger partial charge in [0.25, 0.3) is 0 Å². The molecule has 0 aromatic heterocycles. The second-order valence-electron chi connectivity index (χ2n) is 13.7. The number of ether oxygens (including phenoxy) is 4. The summed E-state index contributed by atoms with van der Waals surface area (Å²) in [6, 6.07) is 18.1. The topological polar surface area (TPSA) is 115 Å². The van der Waals surface area contributed by atoms with Crippen molar-refractivity contribution in [1.29, 1.82) is 0 Å². The molecule has 2 N–H and O–H groups in total. The van der Waals surface area contributed by atoms with Crippen molar-refractivity contribution in [3.8, 4) is 34.1 Å². The minimum absolute atomic E-state index is 0.0378. The third-order valence-electron chi connectivity index (χ3n) is 10.7. The van der Waals surface area contributed by atoms with Crippen LogP contribution in [-0.4, -0.2) is 57.7 Å². The highest BCUT2D eigenvalue weighted by molar-refractivity contribution is 5.93. The summed E-state index contributed by atoms with van der Waals surface area (Å²) in [5, 5.41) is 8.56. The molecule has 4 atom stereocenters. The number of likely N-dealkylation sites (tertiary alicyclic amines) is 1. The van der Waals surface area contributed by atoms with E-state index < -0.39 is 12.1 Å². The van der Waals surface area contributed by atoms with E-state index in [-0.39, 0.29) is 29.2 Å². The lowest BCUT2D eigenvalue weighted by Crippen LogP contribution is -2.46. The van der Waals surface area contributed by atoms with Gasteiger partial charge in [-0.15, -0.1) is 0 Å². The van der Waals surface area contributed by atoms with Gasteiger partial charge in [0.2, 0.25) is 23.0 Å². The van der Waals surface area contributed by atoms with Crippen molar-refractivity contribution in [3.63, 3.8) is 0 Å². The van der Waals surface area contributed by atoms with E-state index in [2.05, 4.69) is 29.7 Å². The SMILES string of the molecule is CCC(C)C(Nc1ccc2c(cc1=O)C(NC(C)=O)CCc1cc(OC)c(OC)c(OC)c1-2)C(=O)N1CCCC1c1ccc(OC)c2ccccc12. The number of amides is 2. The van der Waals surface area contributed by atoms with E-state index in [0.29, 0.717) is 47.9 Å². The van der Waals surface area contributed by atoms with E-state index in [1.54, 1.807) is 40.6 Å². The highest BCUT2D eigenvalue weighted by Crippen LogP contribution is 2.50. The molecule has 52 heavy (non-hydrogen) atoms. The van der Waals surface area contributed by atoms with Gasteiger partial charge in [-0.25, -0.2) is 0 Å². The first-order valence-corrected chi connectivity index (χ1v) is 18.1. The summed E-state index contributed by atoms with van der Waals surface area (Å²) < 4.78 is 23.0. The van der Waals surface area contributed by atoms with Gasteiger partial charge in [0.05, 0.1) is 46.2 Å². The van der Waals surface area contributed by atoms with Crippen molar-refractivity contribution >= 4 is 28.3 Å². The first-order valence-electron chi connectivity index (χ1n) is 18.1. The van der Waals surface area contributed by atoms with Crippen LogP contribution in [0.3, 0.4) is 0 Å². The third kappa shape index (κ3) is 6.74. The van der Waals surface area contributed by atoms with E-state index >= 15 is 0 Å². The lowest BCUT2D eigenvalue weighted by atomic mass is 9.94. The molecule has 1 aliphatic heterocycles. The number of methoxy groups -OCH3 is 4. The van der Waals surface area contributed by atoms with Crippen LogP contribution in [0.2, 0.25) is 0 Å². The van der Waals surface area contributed by atoms with E-state index in [1.807, 2.05) is 48.2 Å². The van der Waals surface area contributed by atoms with Gasteiger partial charge >= 0.3 is 0 Å². The zero-order chi connectivity index (χ0) is 37.1. The fraction of sp³-hybridized carbons (Fsp3) is 0.405. The van der Waals surface area contributed by atoms with Gasteiger partial charge in [-0.05, 0) is 83.5 Å². The molecule has 10 nitrogen and oxygen atoms in total. The fourth-order valence-corrected chi connectivity index (χ4v) is 7.97. The van der Waals surface area contributed by atoms with Crippen LogP contribution < -0.4 is 35.0 Å². The Hall–Kier alpha value is -5.25. The number of hydrogen-bond donors (Lipinski definition) is 2. The molecule has 1 aliphatic carbocycles. The normalized spacial score (nSPS) is 17.6. The molecule has 4 unspecified atom stereocenters. The van der Waals surface area contributed by atoms with Crippen LogP contribution in [0.1, 0.15) is 75.2 Å². The average Bonchev–Trinajstić information content (AvgIpc) is 3.53. The van der Waals surface area contributed by atoms with Gasteiger partial charge in [0.15, 0.2) is 11.5 Å². The van der Waals surface area contributed by atoms with Crippen LogP contribution in [0.5, 0.6) is 23.0 Å². The van der Waals surface area contributed by atoms with Crippen molar-refractivity contribution in [2.45, 2.75) is 71.0 Å². The van der Waals surface area contributed by atoms with E-state index in [0.717, 1.165) is 58.0 Å². The molecule has 274 valence electrons. The van der Waals surface area contributed by atoms with Crippen molar-refractivity contribution in [2.24, 2.45) is 5.92 Å². The van der Waals surface area contributed by atoms with E-state index in [9.17, 15) is 14.4 Å². The highest BCUT2D eigenvalue weighted by atomic mass is 16.5. The summed E-state index contributed by atoms with van der Waals surface area (Å²) in [7, 11) is 6.38. The number of nitrogens with zero attached hydrogens (tertiary/aromatic N) is 1. The van der Waals surface area contributed by atoms with Gasteiger partial charge in [-0.2, -0.15) is 0 Å². The van der Waals surface area contributed by atoms with Crippen LogP contribution in [0, 0.1) is 5.92 Å². The Morgan fingerprint density at radius 3 is 2.27 bits per heavy atom. The number of hydrogen-bond acceptors (Lipinski definition) is 8. The zero-order valence-corrected chi connectivity index (χ0v) is 31.1. The lowest BCUT2D eigenvalue weighted by Gasteiger charge is -2.33. The third-order valence-corrected chi connectivity index (χ3v) is 10.7. The van der Waals surface area contributed by atoms with Crippen molar-refractivity contribution < 1.29 is 28.5 Å². The minimum atomic E-state index is -0.651. The predicted molar refractivity (Wildman–Crippen MR) is 204 cm³/mol. The van der Waals surface area contributed by atoms with Crippen LogP contribution in [0.25, 0.3) is 21.9 Å². The number of anilines is 1. The fourth-order valence-electron chi connectivity index (χ4n) is 7.97. The number of benzene rings is 3. The molecule has 2 amide bonds. The smallest absolute Gasteiger partial charge is 0.245 e. The molecule has 0 bridgehead atoms. The number of rotatable bonds is 11. The van der Waals surface area contributed by atoms with E-state index in [1.165, 1.54) is 6.92 Å². The number of aryl methyl sites for hydroxylation is 1. The Labute approximate surface area is 305 Å². The molecule has 1 saturated heterocycles. The average molecular weight is 708 g/mol. The standard InChI is InChI=1S/C42H49N3O7/c1-8-24(2)39(42(48)45-21-11-14-34(45)28-17-20-36(49-4)29-13-10-9-12-27(28)29)44-33-19-16-30-31(23-35(33)47)32(43-25(3)46)18-15-26-22-37(50-5)40(51-6)41(52-7)38(26)30/h9-10,12-13,16-17,19-20,22-24,32,34,39H,8,11,14-15,18,21H2,1-7H3,(H,43,46)(H,44,47). The summed E-state index contributed by atoms with van der Waals surface area (Å²) in [5.74, 6) is 1.93. The molecule has 1 heterocycles. The lowest BCUT2D eigenvalue weighted by molar-refractivity contribution is -0.134. The summed E-state index contributed by atoms with van der Waals surface area (Å²) in [5.41, 5.74) is 4.22. The van der Waals surface area contributed by atoms with Crippen molar-refractivity contribution in [1.82, 2.24) is 10.2 Å². The molecular weight excluding hydrogens is 658 g/mol. The van der Waals surface area contributed by atoms with Crippen LogP contribution >= 0.6 is 0 Å². The molecule has 2 aliphatic rings. The summed E-state index contributed by atoms with van der Waals surface area (Å²) >= 11 is 0. The first-order chi connectivity index (χ1) is 25.1. The van der Waals surface area contributed by atoms with Crippen molar-refractivity contribution in [2.75, 3.05) is 40.3 Å². The van der Waals surface area contributed by atoms with Crippen LogP contribution in [0.4, 0.5) is 5.69 Å². The molecule has 10 heteroatoms. The molecule has 0 spiro atoms. The minimum Gasteiger partial charge on any atom is -0.496 e. The second kappa shape index (κ2) is 15.6. The van der Waals surface area contributed by atoms with Gasteiger partial charge in [-0.3, -0.25) is 14.4 Å². The second-order valence-corrected chi connectivity index (χ2v) is 13.7. The maximum Gasteiger partial charge on any atom is 0.245 e. The maximum atomic E-state index is 14.7. The summed E-state index contributed by atoms with van der Waals surface area (Å²) in [4.78, 5) is 43.3. The highest BCUT2D eigenvalue weighted by Gasteiger charge is 2.37. The Morgan fingerprint density at radius 1 is 0.865 bits per heavy atom.